The molecule has 0 atom stereocenters. The fraction of sp³-hybridized carbons (Fsp3) is 0.350. The molecule has 138 valence electrons. The molecule has 2 N–H and O–H groups in total. The van der Waals surface area contributed by atoms with E-state index < -0.39 is 0 Å². The van der Waals surface area contributed by atoms with E-state index in [1.807, 2.05) is 56.9 Å². The number of nitrogens with zero attached hydrogens (tertiary/aromatic N) is 2. The molecular weight excluding hydrogens is 328 g/mol. The number of benzene rings is 1. The maximum absolute atomic E-state index is 12.3. The number of carbonyl (C=O) groups is 2. The molecule has 2 rings (SSSR count). The van der Waals surface area contributed by atoms with E-state index in [9.17, 15) is 9.59 Å². The highest BCUT2D eigenvalue weighted by molar-refractivity contribution is 6.04. The predicted molar refractivity (Wildman–Crippen MR) is 105 cm³/mol. The van der Waals surface area contributed by atoms with Crippen LogP contribution in [0.1, 0.15) is 36.7 Å². The summed E-state index contributed by atoms with van der Waals surface area (Å²) in [6.07, 6.45) is 1.53. The van der Waals surface area contributed by atoms with Crippen LogP contribution in [0.2, 0.25) is 0 Å². The lowest BCUT2D eigenvalue weighted by molar-refractivity contribution is -0.120. The lowest BCUT2D eigenvalue weighted by Crippen LogP contribution is -2.40. The van der Waals surface area contributed by atoms with Crippen LogP contribution < -0.4 is 15.5 Å². The van der Waals surface area contributed by atoms with Crippen molar-refractivity contribution in [2.45, 2.75) is 33.7 Å². The van der Waals surface area contributed by atoms with Crippen LogP contribution in [0.4, 0.5) is 11.5 Å². The van der Waals surface area contributed by atoms with Crippen LogP contribution in [0, 0.1) is 6.92 Å². The molecule has 0 unspecified atom stereocenters. The van der Waals surface area contributed by atoms with E-state index in [4.69, 9.17) is 0 Å². The number of hydrogen-bond donors (Lipinski definition) is 2. The van der Waals surface area contributed by atoms with E-state index in [0.29, 0.717) is 17.9 Å². The first kappa shape index (κ1) is 19.4. The summed E-state index contributed by atoms with van der Waals surface area (Å²) in [5, 5.41) is 5.71. The number of hydrogen-bond acceptors (Lipinski definition) is 4. The highest BCUT2D eigenvalue weighted by Crippen LogP contribution is 2.14. The minimum absolute atomic E-state index is 0.0511. The summed E-state index contributed by atoms with van der Waals surface area (Å²) in [7, 11) is 0. The van der Waals surface area contributed by atoms with Gasteiger partial charge in [0.1, 0.15) is 5.82 Å². The van der Waals surface area contributed by atoms with Gasteiger partial charge in [-0.3, -0.25) is 9.59 Å². The summed E-state index contributed by atoms with van der Waals surface area (Å²) in [4.78, 5) is 30.5. The van der Waals surface area contributed by atoms with Gasteiger partial charge in [0.25, 0.3) is 5.91 Å². The van der Waals surface area contributed by atoms with Crippen LogP contribution in [0.25, 0.3) is 0 Å². The van der Waals surface area contributed by atoms with Gasteiger partial charge in [-0.2, -0.15) is 0 Å². The minimum atomic E-state index is -0.214. The first-order chi connectivity index (χ1) is 12.4. The molecule has 0 fully saturated rings. The summed E-state index contributed by atoms with van der Waals surface area (Å²) in [5.74, 6) is 0.400. The number of pyridine rings is 1. The Morgan fingerprint density at radius 1 is 1.12 bits per heavy atom. The number of carbonyl (C=O) groups excluding carboxylic acids is 2. The van der Waals surface area contributed by atoms with Crippen molar-refractivity contribution in [3.05, 3.63) is 53.7 Å². The Bertz CT molecular complexity index is 739. The van der Waals surface area contributed by atoms with Gasteiger partial charge in [-0.1, -0.05) is 17.7 Å². The zero-order valence-corrected chi connectivity index (χ0v) is 15.7. The van der Waals surface area contributed by atoms with Gasteiger partial charge in [0.05, 0.1) is 12.1 Å². The maximum atomic E-state index is 12.3. The van der Waals surface area contributed by atoms with Crippen molar-refractivity contribution in [2.24, 2.45) is 0 Å². The van der Waals surface area contributed by atoms with Crippen LogP contribution in [0.15, 0.2) is 42.6 Å². The van der Waals surface area contributed by atoms with Crippen LogP contribution >= 0.6 is 0 Å². The van der Waals surface area contributed by atoms with Gasteiger partial charge in [-0.05, 0) is 52.0 Å². The summed E-state index contributed by atoms with van der Waals surface area (Å²) >= 11 is 0. The molecule has 6 heteroatoms. The first-order valence-electron chi connectivity index (χ1n) is 8.77. The Balaban J connectivity index is 2.02. The Labute approximate surface area is 154 Å². The second kappa shape index (κ2) is 8.99. The lowest BCUT2D eigenvalue weighted by Gasteiger charge is -2.22. The topological polar surface area (TPSA) is 74.3 Å². The highest BCUT2D eigenvalue weighted by atomic mass is 16.2. The number of nitrogens with one attached hydrogen (secondary N) is 2. The van der Waals surface area contributed by atoms with E-state index in [0.717, 1.165) is 11.3 Å². The Kier molecular flexibility index (Phi) is 6.72. The molecule has 0 aliphatic rings. The zero-order chi connectivity index (χ0) is 19.1. The molecular formula is C20H26N4O2. The molecule has 26 heavy (non-hydrogen) atoms. The third-order valence-electron chi connectivity index (χ3n) is 3.81. The third kappa shape index (κ3) is 5.58. The van der Waals surface area contributed by atoms with Gasteiger partial charge in [-0.25, -0.2) is 4.98 Å². The fourth-order valence-corrected chi connectivity index (χ4v) is 2.44. The largest absolute Gasteiger partial charge is 0.352 e. The molecule has 0 aliphatic heterocycles. The molecule has 1 heterocycles. The van der Waals surface area contributed by atoms with Gasteiger partial charge in [-0.15, -0.1) is 0 Å². The van der Waals surface area contributed by atoms with Crippen LogP contribution in [0.3, 0.4) is 0 Å². The van der Waals surface area contributed by atoms with E-state index in [1.54, 1.807) is 12.1 Å². The molecule has 6 nitrogen and oxygen atoms in total. The number of anilines is 2. The fourth-order valence-electron chi connectivity index (χ4n) is 2.44. The summed E-state index contributed by atoms with van der Waals surface area (Å²) in [5.41, 5.74) is 2.34. The normalized spacial score (nSPS) is 10.5. The number of aryl methyl sites for hydroxylation is 1. The molecule has 2 aromatic rings. The quantitative estimate of drug-likeness (QED) is 0.802. The van der Waals surface area contributed by atoms with Crippen LogP contribution in [0.5, 0.6) is 0 Å². The molecule has 2 amide bonds. The van der Waals surface area contributed by atoms with Crippen molar-refractivity contribution in [3.63, 3.8) is 0 Å². The smallest absolute Gasteiger partial charge is 0.257 e. The Morgan fingerprint density at radius 3 is 2.35 bits per heavy atom. The Hall–Kier alpha value is -2.89. The molecule has 0 aliphatic carbocycles. The van der Waals surface area contributed by atoms with Crippen LogP contribution in [-0.2, 0) is 4.79 Å². The monoisotopic (exact) mass is 354 g/mol. The van der Waals surface area contributed by atoms with Crippen molar-refractivity contribution in [2.75, 3.05) is 23.3 Å². The first-order valence-corrected chi connectivity index (χ1v) is 8.77. The van der Waals surface area contributed by atoms with E-state index in [2.05, 4.69) is 15.6 Å². The molecule has 0 bridgehead atoms. The molecule has 0 spiro atoms. The van der Waals surface area contributed by atoms with Crippen molar-refractivity contribution in [1.29, 1.82) is 0 Å². The molecule has 0 saturated carbocycles. The van der Waals surface area contributed by atoms with Gasteiger partial charge in [0.2, 0.25) is 5.91 Å². The highest BCUT2D eigenvalue weighted by Gasteiger charge is 2.13. The maximum Gasteiger partial charge on any atom is 0.257 e. The average Bonchev–Trinajstić information content (AvgIpc) is 2.61. The SMILES string of the molecule is CCN(CC(=O)NC(C)C)c1ccc(C(=O)Nc2ccc(C)cc2)cn1. The summed E-state index contributed by atoms with van der Waals surface area (Å²) in [6.45, 7) is 8.68. The average molecular weight is 354 g/mol. The van der Waals surface area contributed by atoms with Crippen molar-refractivity contribution in [3.8, 4) is 0 Å². The van der Waals surface area contributed by atoms with E-state index >= 15 is 0 Å². The molecule has 1 aromatic heterocycles. The molecule has 1 aromatic carbocycles. The third-order valence-corrected chi connectivity index (χ3v) is 3.81. The molecule has 0 saturated heterocycles. The second-order valence-electron chi connectivity index (χ2n) is 6.46. The van der Waals surface area contributed by atoms with Crippen LogP contribution in [-0.4, -0.2) is 35.9 Å². The lowest BCUT2D eigenvalue weighted by atomic mass is 10.2. The van der Waals surface area contributed by atoms with Crippen molar-refractivity contribution in [1.82, 2.24) is 10.3 Å². The van der Waals surface area contributed by atoms with Crippen molar-refractivity contribution < 1.29 is 9.59 Å². The summed E-state index contributed by atoms with van der Waals surface area (Å²) in [6, 6.07) is 11.2. The predicted octanol–water partition coefficient (Wildman–Crippen LogP) is 2.99. The van der Waals surface area contributed by atoms with Gasteiger partial charge in [0, 0.05) is 24.5 Å². The zero-order valence-electron chi connectivity index (χ0n) is 15.7. The van der Waals surface area contributed by atoms with Gasteiger partial charge in [0.15, 0.2) is 0 Å². The van der Waals surface area contributed by atoms with Gasteiger partial charge >= 0.3 is 0 Å². The molecule has 0 radical (unpaired) electrons. The summed E-state index contributed by atoms with van der Waals surface area (Å²) < 4.78 is 0. The minimum Gasteiger partial charge on any atom is -0.352 e. The van der Waals surface area contributed by atoms with Crippen molar-refractivity contribution >= 4 is 23.3 Å². The van der Waals surface area contributed by atoms with E-state index in [-0.39, 0.29) is 24.4 Å². The standard InChI is InChI=1S/C20H26N4O2/c1-5-24(13-19(25)22-14(2)3)18-11-8-16(12-21-18)20(26)23-17-9-6-15(4)7-10-17/h6-12,14H,5,13H2,1-4H3,(H,22,25)(H,23,26). The van der Waals surface area contributed by atoms with E-state index in [1.165, 1.54) is 6.20 Å². The number of rotatable bonds is 7. The second-order valence-corrected chi connectivity index (χ2v) is 6.46. The number of likely N-dealkylation sites (N-methyl/N-ethyl adjacent to an activating group) is 1. The Morgan fingerprint density at radius 2 is 1.81 bits per heavy atom. The number of aromatic nitrogens is 1. The number of amides is 2. The van der Waals surface area contributed by atoms with Gasteiger partial charge < -0.3 is 15.5 Å².